The highest BCUT2D eigenvalue weighted by Gasteiger charge is 2.19. The molecule has 0 amide bonds. The minimum Gasteiger partial charge on any atom is -0.459 e. The maximum absolute atomic E-state index is 12.5. The van der Waals surface area contributed by atoms with E-state index < -0.39 is 12.1 Å². The predicted molar refractivity (Wildman–Crippen MR) is 103 cm³/mol. The van der Waals surface area contributed by atoms with Gasteiger partial charge in [0.1, 0.15) is 18.2 Å². The second-order valence-corrected chi connectivity index (χ2v) is 5.61. The highest BCUT2D eigenvalue weighted by molar-refractivity contribution is 6.05. The van der Waals surface area contributed by atoms with Crippen LogP contribution in [0.3, 0.4) is 0 Å². The van der Waals surface area contributed by atoms with Gasteiger partial charge in [0.05, 0.1) is 19.3 Å². The van der Waals surface area contributed by atoms with Crippen LogP contribution in [-0.2, 0) is 14.3 Å². The normalized spacial score (nSPS) is 11.1. The Morgan fingerprint density at radius 3 is 2.11 bits per heavy atom. The summed E-state index contributed by atoms with van der Waals surface area (Å²) in [5, 5.41) is 18.9. The lowest BCUT2D eigenvalue weighted by atomic mass is 9.93. The van der Waals surface area contributed by atoms with Gasteiger partial charge < -0.3 is 14.6 Å². The molecule has 0 radical (unpaired) electrons. The first-order valence-corrected chi connectivity index (χ1v) is 8.48. The van der Waals surface area contributed by atoms with E-state index in [1.54, 1.807) is 0 Å². The van der Waals surface area contributed by atoms with Gasteiger partial charge in [0.25, 0.3) is 0 Å². The molecule has 27 heavy (non-hydrogen) atoms. The number of benzene rings is 2. The van der Waals surface area contributed by atoms with Crippen molar-refractivity contribution in [2.24, 2.45) is 0 Å². The Balaban J connectivity index is 2.20. The van der Waals surface area contributed by atoms with E-state index in [1.807, 2.05) is 66.7 Å². The Kier molecular flexibility index (Phi) is 7.98. The topological polar surface area (TPSA) is 79.5 Å². The molecule has 0 aromatic heterocycles. The number of esters is 1. The number of aliphatic hydroxyl groups excluding tert-OH is 1. The minimum absolute atomic E-state index is 0.0231. The van der Waals surface area contributed by atoms with Crippen LogP contribution in [0.25, 0.3) is 5.57 Å². The highest BCUT2D eigenvalue weighted by atomic mass is 16.6. The number of aliphatic hydroxyl groups is 1. The number of hydrogen-bond acceptors (Lipinski definition) is 5. The van der Waals surface area contributed by atoms with Crippen LogP contribution >= 0.6 is 0 Å². The summed E-state index contributed by atoms with van der Waals surface area (Å²) in [6.45, 7) is 3.60. The number of nitrogens with zero attached hydrogens (tertiary/aromatic N) is 1. The average molecular weight is 363 g/mol. The van der Waals surface area contributed by atoms with Crippen LogP contribution in [-0.4, -0.2) is 37.0 Å². The second-order valence-electron chi connectivity index (χ2n) is 5.61. The quantitative estimate of drug-likeness (QED) is 0.243. The predicted octanol–water partition coefficient (Wildman–Crippen LogP) is 3.12. The van der Waals surface area contributed by atoms with E-state index in [0.717, 1.165) is 11.1 Å². The van der Waals surface area contributed by atoms with Gasteiger partial charge in [-0.05, 0) is 11.1 Å². The minimum atomic E-state index is -0.766. The molecule has 2 aromatic rings. The fourth-order valence-corrected chi connectivity index (χ4v) is 2.41. The smallest absolute Gasteiger partial charge is 0.349 e. The third-order valence-corrected chi connectivity index (χ3v) is 3.71. The summed E-state index contributed by atoms with van der Waals surface area (Å²) in [7, 11) is 0. The van der Waals surface area contributed by atoms with Crippen molar-refractivity contribution in [2.45, 2.75) is 6.10 Å². The SMILES string of the molecule is C=CC(O)COCCOC(=O)C(C#N)=C(c1ccccc1)c1ccccc1. The molecule has 0 spiro atoms. The first kappa shape index (κ1) is 20.1. The Morgan fingerprint density at radius 1 is 1.07 bits per heavy atom. The standard InChI is InChI=1S/C22H21NO4/c1-2-19(24)16-26-13-14-27-22(25)20(15-23)21(17-9-5-3-6-10-17)18-11-7-4-8-12-18/h2-12,19,24H,1,13-14,16H2. The summed E-state index contributed by atoms with van der Waals surface area (Å²) in [5.74, 6) is -0.715. The Bertz CT molecular complexity index is 781. The molecule has 2 rings (SSSR count). The number of ether oxygens (including phenoxy) is 2. The monoisotopic (exact) mass is 363 g/mol. The van der Waals surface area contributed by atoms with E-state index in [9.17, 15) is 15.2 Å². The fourth-order valence-electron chi connectivity index (χ4n) is 2.41. The molecule has 138 valence electrons. The number of carbonyl (C=O) groups excluding carboxylic acids is 1. The van der Waals surface area contributed by atoms with Crippen LogP contribution < -0.4 is 0 Å². The van der Waals surface area contributed by atoms with Gasteiger partial charge in [0, 0.05) is 5.57 Å². The van der Waals surface area contributed by atoms with Gasteiger partial charge in [0.2, 0.25) is 0 Å². The maximum atomic E-state index is 12.5. The van der Waals surface area contributed by atoms with E-state index in [2.05, 4.69) is 6.58 Å². The molecule has 1 N–H and O–H groups in total. The summed E-state index contributed by atoms with van der Waals surface area (Å²) >= 11 is 0. The Morgan fingerprint density at radius 2 is 1.63 bits per heavy atom. The molecule has 0 saturated heterocycles. The van der Waals surface area contributed by atoms with E-state index in [-0.39, 0.29) is 25.4 Å². The third-order valence-electron chi connectivity index (χ3n) is 3.71. The zero-order valence-electron chi connectivity index (χ0n) is 14.9. The lowest BCUT2D eigenvalue weighted by Crippen LogP contribution is -2.17. The molecule has 0 fully saturated rings. The lowest BCUT2D eigenvalue weighted by Gasteiger charge is -2.12. The maximum Gasteiger partial charge on any atom is 0.349 e. The van der Waals surface area contributed by atoms with Crippen LogP contribution in [0.15, 0.2) is 78.9 Å². The zero-order chi connectivity index (χ0) is 19.5. The number of carbonyl (C=O) groups is 1. The van der Waals surface area contributed by atoms with E-state index in [0.29, 0.717) is 5.57 Å². The van der Waals surface area contributed by atoms with Crippen molar-refractivity contribution in [3.63, 3.8) is 0 Å². The van der Waals surface area contributed by atoms with Crippen LogP contribution in [0.5, 0.6) is 0 Å². The van der Waals surface area contributed by atoms with Gasteiger partial charge in [-0.15, -0.1) is 6.58 Å². The van der Waals surface area contributed by atoms with Crippen molar-refractivity contribution in [1.29, 1.82) is 5.26 Å². The van der Waals surface area contributed by atoms with Crippen LogP contribution in [0.1, 0.15) is 11.1 Å². The van der Waals surface area contributed by atoms with Crippen molar-refractivity contribution in [3.8, 4) is 6.07 Å². The molecule has 5 heteroatoms. The largest absolute Gasteiger partial charge is 0.459 e. The van der Waals surface area contributed by atoms with Crippen LogP contribution in [0.4, 0.5) is 0 Å². The average Bonchev–Trinajstić information content (AvgIpc) is 2.72. The first-order chi connectivity index (χ1) is 13.2. The highest BCUT2D eigenvalue weighted by Crippen LogP contribution is 2.27. The lowest BCUT2D eigenvalue weighted by molar-refractivity contribution is -0.140. The van der Waals surface area contributed by atoms with Gasteiger partial charge in [-0.1, -0.05) is 66.7 Å². The third kappa shape index (κ3) is 5.93. The van der Waals surface area contributed by atoms with Crippen LogP contribution in [0.2, 0.25) is 0 Å². The number of hydrogen-bond donors (Lipinski definition) is 1. The second kappa shape index (κ2) is 10.7. The zero-order valence-corrected chi connectivity index (χ0v) is 14.9. The Labute approximate surface area is 158 Å². The van der Waals surface area contributed by atoms with Gasteiger partial charge >= 0.3 is 5.97 Å². The number of rotatable bonds is 9. The molecule has 0 aliphatic heterocycles. The van der Waals surface area contributed by atoms with Gasteiger partial charge in [0.15, 0.2) is 0 Å². The molecule has 0 saturated carbocycles. The molecular formula is C22H21NO4. The number of nitriles is 1. The van der Waals surface area contributed by atoms with Crippen molar-refractivity contribution >= 4 is 11.5 Å². The molecule has 1 unspecified atom stereocenters. The summed E-state index contributed by atoms with van der Waals surface area (Å²) < 4.78 is 10.4. The van der Waals surface area contributed by atoms with Crippen LogP contribution in [0, 0.1) is 11.3 Å². The summed E-state index contributed by atoms with van der Waals surface area (Å²) in [4.78, 5) is 12.5. The Hall–Kier alpha value is -3.20. The summed E-state index contributed by atoms with van der Waals surface area (Å²) in [6.07, 6.45) is 0.590. The molecule has 2 aromatic carbocycles. The van der Waals surface area contributed by atoms with Gasteiger partial charge in [-0.25, -0.2) is 4.79 Å². The van der Waals surface area contributed by atoms with E-state index in [4.69, 9.17) is 9.47 Å². The molecule has 1 atom stereocenters. The summed E-state index contributed by atoms with van der Waals surface area (Å²) in [5.41, 5.74) is 1.95. The van der Waals surface area contributed by atoms with Crippen molar-refractivity contribution in [3.05, 3.63) is 90.0 Å². The van der Waals surface area contributed by atoms with Crippen molar-refractivity contribution in [1.82, 2.24) is 0 Å². The first-order valence-electron chi connectivity index (χ1n) is 8.48. The van der Waals surface area contributed by atoms with Gasteiger partial charge in [-0.3, -0.25) is 0 Å². The van der Waals surface area contributed by atoms with Crippen molar-refractivity contribution < 1.29 is 19.4 Å². The molecule has 0 aliphatic carbocycles. The summed E-state index contributed by atoms with van der Waals surface area (Å²) in [6, 6.07) is 20.4. The van der Waals surface area contributed by atoms with Crippen molar-refractivity contribution in [2.75, 3.05) is 19.8 Å². The molecule has 0 aliphatic rings. The fraction of sp³-hybridized carbons (Fsp3) is 0.182. The van der Waals surface area contributed by atoms with E-state index >= 15 is 0 Å². The van der Waals surface area contributed by atoms with E-state index in [1.165, 1.54) is 6.08 Å². The molecule has 0 bridgehead atoms. The molecule has 5 nitrogen and oxygen atoms in total. The van der Waals surface area contributed by atoms with Gasteiger partial charge in [-0.2, -0.15) is 5.26 Å². The molecular weight excluding hydrogens is 342 g/mol. The molecule has 0 heterocycles.